The Morgan fingerprint density at radius 1 is 0.971 bits per heavy atom. The second-order valence-corrected chi connectivity index (χ2v) is 8.58. The van der Waals surface area contributed by atoms with Crippen molar-refractivity contribution in [3.63, 3.8) is 0 Å². The van der Waals surface area contributed by atoms with Crippen LogP contribution >= 0.6 is 0 Å². The third-order valence-electron chi connectivity index (χ3n) is 6.09. The maximum atomic E-state index is 12.3. The summed E-state index contributed by atoms with van der Waals surface area (Å²) < 4.78 is 13.5. The van der Waals surface area contributed by atoms with Gasteiger partial charge in [-0.2, -0.15) is 0 Å². The van der Waals surface area contributed by atoms with E-state index in [9.17, 15) is 4.79 Å². The zero-order chi connectivity index (χ0) is 24.5. The number of aromatic nitrogens is 2. The molecule has 0 saturated carbocycles. The second-order valence-electron chi connectivity index (χ2n) is 8.58. The molecule has 0 aliphatic rings. The van der Waals surface area contributed by atoms with Gasteiger partial charge in [0.05, 0.1) is 24.7 Å². The van der Waals surface area contributed by atoms with Gasteiger partial charge in [-0.3, -0.25) is 4.79 Å². The van der Waals surface area contributed by atoms with Crippen molar-refractivity contribution in [1.82, 2.24) is 14.9 Å². The van der Waals surface area contributed by atoms with Crippen LogP contribution in [0.4, 0.5) is 0 Å². The lowest BCUT2D eigenvalue weighted by Crippen LogP contribution is -2.24. The summed E-state index contributed by atoms with van der Waals surface area (Å²) in [6, 6.07) is 23.6. The molecular weight excluding hydrogens is 438 g/mol. The lowest BCUT2D eigenvalue weighted by Gasteiger charge is -2.12. The summed E-state index contributed by atoms with van der Waals surface area (Å²) in [5.74, 6) is 2.62. The average molecular weight is 472 g/mol. The molecule has 35 heavy (non-hydrogen) atoms. The maximum Gasteiger partial charge on any atom is 0.251 e. The zero-order valence-electron chi connectivity index (χ0n) is 20.5. The molecule has 0 aliphatic carbocycles. The quantitative estimate of drug-likeness (QED) is 0.274. The Balaban J connectivity index is 1.27. The lowest BCUT2D eigenvalue weighted by atomic mass is 10.1. The smallest absolute Gasteiger partial charge is 0.251 e. The standard InChI is InChI=1S/C29H33N3O3/c1-22-11-5-8-16-27(22)35-20-19-32-26-15-7-6-14-25(26)31-28(32)17-4-3-9-18-30-29(33)23-12-10-13-24(21-23)34-2/h5-8,10-16,21H,3-4,9,17-20H2,1-2H3,(H,30,33). The summed E-state index contributed by atoms with van der Waals surface area (Å²) >= 11 is 0. The van der Waals surface area contributed by atoms with E-state index in [1.165, 1.54) is 0 Å². The van der Waals surface area contributed by atoms with Gasteiger partial charge in [-0.1, -0.05) is 42.8 Å². The number of nitrogens with zero attached hydrogens (tertiary/aromatic N) is 2. The molecule has 0 atom stereocenters. The third kappa shape index (κ3) is 6.41. The fourth-order valence-electron chi connectivity index (χ4n) is 4.18. The van der Waals surface area contributed by atoms with E-state index in [0.717, 1.165) is 60.4 Å². The Kier molecular flexibility index (Phi) is 8.39. The second kappa shape index (κ2) is 12.1. The Morgan fingerprint density at radius 2 is 1.80 bits per heavy atom. The zero-order valence-corrected chi connectivity index (χ0v) is 20.5. The molecule has 0 saturated heterocycles. The van der Waals surface area contributed by atoms with E-state index in [2.05, 4.69) is 41.1 Å². The number of benzene rings is 3. The largest absolute Gasteiger partial charge is 0.497 e. The number of aryl methyl sites for hydroxylation is 2. The van der Waals surface area contributed by atoms with Gasteiger partial charge in [0, 0.05) is 18.5 Å². The highest BCUT2D eigenvalue weighted by molar-refractivity contribution is 5.94. The number of fused-ring (bicyclic) bond motifs is 1. The number of rotatable bonds is 12. The molecule has 6 heteroatoms. The SMILES string of the molecule is COc1cccc(C(=O)NCCCCCc2nc3ccccc3n2CCOc2ccccc2C)c1. The molecule has 0 unspecified atom stereocenters. The summed E-state index contributed by atoms with van der Waals surface area (Å²) in [6.07, 6.45) is 3.84. The molecule has 182 valence electrons. The number of nitrogens with one attached hydrogen (secondary N) is 1. The molecule has 0 radical (unpaired) electrons. The molecule has 4 aromatic rings. The van der Waals surface area contributed by atoms with Crippen molar-refractivity contribution in [3.05, 3.63) is 89.7 Å². The van der Waals surface area contributed by atoms with E-state index in [4.69, 9.17) is 14.5 Å². The van der Waals surface area contributed by atoms with E-state index < -0.39 is 0 Å². The van der Waals surface area contributed by atoms with Crippen LogP contribution in [0.25, 0.3) is 11.0 Å². The van der Waals surface area contributed by atoms with E-state index in [-0.39, 0.29) is 5.91 Å². The number of hydrogen-bond donors (Lipinski definition) is 1. The molecular formula is C29H33N3O3. The molecule has 1 aromatic heterocycles. The van der Waals surface area contributed by atoms with E-state index >= 15 is 0 Å². The van der Waals surface area contributed by atoms with Crippen LogP contribution in [0.1, 0.15) is 41.0 Å². The van der Waals surface area contributed by atoms with Crippen LogP contribution in [0.15, 0.2) is 72.8 Å². The maximum absolute atomic E-state index is 12.3. The minimum absolute atomic E-state index is 0.0701. The van der Waals surface area contributed by atoms with Crippen molar-refractivity contribution < 1.29 is 14.3 Å². The van der Waals surface area contributed by atoms with Crippen LogP contribution in [0.2, 0.25) is 0 Å². The number of unbranched alkanes of at least 4 members (excludes halogenated alkanes) is 2. The van der Waals surface area contributed by atoms with Gasteiger partial charge in [0.1, 0.15) is 23.9 Å². The van der Waals surface area contributed by atoms with Gasteiger partial charge in [-0.25, -0.2) is 4.98 Å². The Labute approximate surface area is 206 Å². The first-order chi connectivity index (χ1) is 17.2. The fraction of sp³-hybridized carbons (Fsp3) is 0.310. The molecule has 6 nitrogen and oxygen atoms in total. The molecule has 4 rings (SSSR count). The summed E-state index contributed by atoms with van der Waals surface area (Å²) in [5.41, 5.74) is 3.91. The van der Waals surface area contributed by atoms with Crippen molar-refractivity contribution in [1.29, 1.82) is 0 Å². The molecule has 0 fully saturated rings. The van der Waals surface area contributed by atoms with Crippen molar-refractivity contribution in [2.24, 2.45) is 0 Å². The summed E-state index contributed by atoms with van der Waals surface area (Å²) in [7, 11) is 1.60. The van der Waals surface area contributed by atoms with Crippen LogP contribution in [0, 0.1) is 6.92 Å². The number of ether oxygens (including phenoxy) is 2. The highest BCUT2D eigenvalue weighted by atomic mass is 16.5. The van der Waals surface area contributed by atoms with Crippen molar-refractivity contribution in [2.45, 2.75) is 39.2 Å². The fourth-order valence-corrected chi connectivity index (χ4v) is 4.18. The first-order valence-electron chi connectivity index (χ1n) is 12.2. The first-order valence-corrected chi connectivity index (χ1v) is 12.2. The Hall–Kier alpha value is -3.80. The number of carbonyl (C=O) groups excluding carboxylic acids is 1. The highest BCUT2D eigenvalue weighted by Gasteiger charge is 2.11. The topological polar surface area (TPSA) is 65.4 Å². The van der Waals surface area contributed by atoms with Crippen LogP contribution in [-0.4, -0.2) is 35.7 Å². The third-order valence-corrected chi connectivity index (χ3v) is 6.09. The van der Waals surface area contributed by atoms with Crippen LogP contribution in [-0.2, 0) is 13.0 Å². The van der Waals surface area contributed by atoms with Crippen LogP contribution < -0.4 is 14.8 Å². The number of methoxy groups -OCH3 is 1. The van der Waals surface area contributed by atoms with Gasteiger partial charge in [0.25, 0.3) is 5.91 Å². The molecule has 0 spiro atoms. The first kappa shape index (κ1) is 24.3. The molecule has 1 heterocycles. The van der Waals surface area contributed by atoms with Gasteiger partial charge < -0.3 is 19.4 Å². The van der Waals surface area contributed by atoms with Gasteiger partial charge in [0.15, 0.2) is 0 Å². The minimum Gasteiger partial charge on any atom is -0.497 e. The molecule has 0 aliphatic heterocycles. The van der Waals surface area contributed by atoms with Gasteiger partial charge in [0.2, 0.25) is 0 Å². The monoisotopic (exact) mass is 471 g/mol. The summed E-state index contributed by atoms with van der Waals surface area (Å²) in [5, 5.41) is 3.00. The molecule has 1 amide bonds. The van der Waals surface area contributed by atoms with Crippen LogP contribution in [0.3, 0.4) is 0 Å². The number of amides is 1. The number of hydrogen-bond acceptors (Lipinski definition) is 4. The molecule has 1 N–H and O–H groups in total. The molecule has 0 bridgehead atoms. The van der Waals surface area contributed by atoms with Crippen molar-refractivity contribution in [2.75, 3.05) is 20.3 Å². The minimum atomic E-state index is -0.0701. The van der Waals surface area contributed by atoms with E-state index in [1.807, 2.05) is 36.4 Å². The summed E-state index contributed by atoms with van der Waals surface area (Å²) in [4.78, 5) is 17.2. The van der Waals surface area contributed by atoms with Crippen molar-refractivity contribution in [3.8, 4) is 11.5 Å². The summed E-state index contributed by atoms with van der Waals surface area (Å²) in [6.45, 7) is 4.05. The number of carbonyl (C=O) groups is 1. The van der Waals surface area contributed by atoms with Gasteiger partial charge >= 0.3 is 0 Å². The van der Waals surface area contributed by atoms with E-state index in [0.29, 0.717) is 24.5 Å². The normalized spacial score (nSPS) is 10.9. The van der Waals surface area contributed by atoms with Gasteiger partial charge in [-0.05, 0) is 61.7 Å². The lowest BCUT2D eigenvalue weighted by molar-refractivity contribution is 0.0952. The predicted molar refractivity (Wildman–Crippen MR) is 139 cm³/mol. The average Bonchev–Trinajstić information content (AvgIpc) is 3.24. The van der Waals surface area contributed by atoms with Crippen LogP contribution in [0.5, 0.6) is 11.5 Å². The number of imidazole rings is 1. The predicted octanol–water partition coefficient (Wildman–Crippen LogP) is 5.58. The Morgan fingerprint density at radius 3 is 2.66 bits per heavy atom. The van der Waals surface area contributed by atoms with E-state index in [1.54, 1.807) is 19.2 Å². The highest BCUT2D eigenvalue weighted by Crippen LogP contribution is 2.20. The molecule has 3 aromatic carbocycles. The van der Waals surface area contributed by atoms with Gasteiger partial charge in [-0.15, -0.1) is 0 Å². The number of para-hydroxylation sites is 3. The van der Waals surface area contributed by atoms with Crippen molar-refractivity contribution >= 4 is 16.9 Å². The Bertz CT molecular complexity index is 1270.